The van der Waals surface area contributed by atoms with Crippen LogP contribution in [0.15, 0.2) is 46.9 Å². The molecule has 0 radical (unpaired) electrons. The number of halogens is 1. The first-order valence-corrected chi connectivity index (χ1v) is 8.79. The number of anilines is 1. The second-order valence-corrected chi connectivity index (χ2v) is 6.77. The van der Waals surface area contributed by atoms with E-state index < -0.39 is 10.9 Å². The van der Waals surface area contributed by atoms with Crippen LogP contribution in [0.1, 0.15) is 28.8 Å². The average molecular weight is 405 g/mol. The van der Waals surface area contributed by atoms with Crippen molar-refractivity contribution in [3.05, 3.63) is 68.2 Å². The fraction of sp³-hybridized carbons (Fsp3) is 0.278. The molecule has 0 amide bonds. The van der Waals surface area contributed by atoms with Crippen LogP contribution in [0.3, 0.4) is 0 Å². The van der Waals surface area contributed by atoms with Crippen LogP contribution in [0, 0.1) is 10.1 Å². The molecule has 0 bridgehead atoms. The molecule has 0 spiro atoms. The van der Waals surface area contributed by atoms with Crippen molar-refractivity contribution in [2.45, 2.75) is 19.4 Å². The first-order valence-electron chi connectivity index (χ1n) is 7.99. The smallest absolute Gasteiger partial charge is 0.338 e. The molecular weight excluding hydrogens is 388 g/mol. The summed E-state index contributed by atoms with van der Waals surface area (Å²) in [5.74, 6) is -0.570. The normalized spacial score (nSPS) is 13.7. The lowest BCUT2D eigenvalue weighted by Gasteiger charge is -2.17. The predicted octanol–water partition coefficient (Wildman–Crippen LogP) is 4.31. The van der Waals surface area contributed by atoms with Crippen molar-refractivity contribution in [3.63, 3.8) is 0 Å². The van der Waals surface area contributed by atoms with E-state index in [9.17, 15) is 14.9 Å². The Morgan fingerprint density at radius 1 is 1.16 bits per heavy atom. The molecule has 3 rings (SSSR count). The van der Waals surface area contributed by atoms with E-state index in [1.807, 2.05) is 29.2 Å². The van der Waals surface area contributed by atoms with Crippen LogP contribution in [-0.2, 0) is 11.3 Å². The molecule has 1 fully saturated rings. The van der Waals surface area contributed by atoms with Gasteiger partial charge in [-0.25, -0.2) is 4.79 Å². The topological polar surface area (TPSA) is 72.7 Å². The van der Waals surface area contributed by atoms with E-state index in [0.29, 0.717) is 5.69 Å². The van der Waals surface area contributed by atoms with E-state index >= 15 is 0 Å². The third-order valence-electron chi connectivity index (χ3n) is 4.14. The summed E-state index contributed by atoms with van der Waals surface area (Å²) in [5, 5.41) is 11.4. The first kappa shape index (κ1) is 17.4. The summed E-state index contributed by atoms with van der Waals surface area (Å²) < 4.78 is 6.20. The molecule has 25 heavy (non-hydrogen) atoms. The Morgan fingerprint density at radius 3 is 2.48 bits per heavy atom. The number of carbonyl (C=O) groups excluding carboxylic acids is 1. The molecule has 1 aliphatic heterocycles. The van der Waals surface area contributed by atoms with Gasteiger partial charge in [0.15, 0.2) is 0 Å². The zero-order valence-electron chi connectivity index (χ0n) is 13.5. The van der Waals surface area contributed by atoms with Crippen molar-refractivity contribution >= 4 is 33.3 Å². The zero-order valence-corrected chi connectivity index (χ0v) is 15.1. The predicted molar refractivity (Wildman–Crippen MR) is 97.8 cm³/mol. The van der Waals surface area contributed by atoms with Gasteiger partial charge in [0.1, 0.15) is 12.3 Å². The first-order chi connectivity index (χ1) is 12.0. The zero-order chi connectivity index (χ0) is 17.8. The maximum Gasteiger partial charge on any atom is 0.338 e. The summed E-state index contributed by atoms with van der Waals surface area (Å²) in [4.78, 5) is 25.1. The third kappa shape index (κ3) is 4.17. The van der Waals surface area contributed by atoms with E-state index in [4.69, 9.17) is 4.74 Å². The largest absolute Gasteiger partial charge is 0.457 e. The lowest BCUT2D eigenvalue weighted by Crippen LogP contribution is -2.19. The number of hydrogen-bond acceptors (Lipinski definition) is 5. The second kappa shape index (κ2) is 7.65. The molecule has 0 saturated carbocycles. The Labute approximate surface area is 153 Å². The molecule has 2 aromatic carbocycles. The quantitative estimate of drug-likeness (QED) is 0.421. The minimum absolute atomic E-state index is 0.0556. The van der Waals surface area contributed by atoms with Gasteiger partial charge in [-0.15, -0.1) is 0 Å². The van der Waals surface area contributed by atoms with Gasteiger partial charge < -0.3 is 9.64 Å². The highest BCUT2D eigenvalue weighted by Gasteiger charge is 2.24. The van der Waals surface area contributed by atoms with Crippen LogP contribution in [0.5, 0.6) is 0 Å². The number of nitro benzene ring substituents is 1. The maximum atomic E-state index is 12.2. The van der Waals surface area contributed by atoms with Gasteiger partial charge in [0.2, 0.25) is 0 Å². The number of benzene rings is 2. The number of carbonyl (C=O) groups is 1. The van der Waals surface area contributed by atoms with E-state index in [-0.39, 0.29) is 17.9 Å². The molecule has 0 aromatic heterocycles. The minimum Gasteiger partial charge on any atom is -0.457 e. The minimum atomic E-state index is -0.570. The Hall–Kier alpha value is -2.41. The van der Waals surface area contributed by atoms with Crippen LogP contribution >= 0.6 is 15.9 Å². The summed E-state index contributed by atoms with van der Waals surface area (Å²) in [7, 11) is 0. The van der Waals surface area contributed by atoms with Gasteiger partial charge in [0, 0.05) is 23.6 Å². The summed E-state index contributed by atoms with van der Waals surface area (Å²) in [6.45, 7) is 1.72. The average Bonchev–Trinajstić information content (AvgIpc) is 3.15. The van der Waals surface area contributed by atoms with Crippen LogP contribution in [0.25, 0.3) is 0 Å². The van der Waals surface area contributed by atoms with Crippen molar-refractivity contribution in [3.8, 4) is 0 Å². The van der Waals surface area contributed by atoms with Crippen molar-refractivity contribution in [1.29, 1.82) is 0 Å². The van der Waals surface area contributed by atoms with E-state index in [1.165, 1.54) is 6.07 Å². The summed E-state index contributed by atoms with van der Waals surface area (Å²) in [6.07, 6.45) is 2.04. The molecule has 130 valence electrons. The van der Waals surface area contributed by atoms with Gasteiger partial charge in [-0.2, -0.15) is 0 Å². The van der Waals surface area contributed by atoms with Crippen LogP contribution < -0.4 is 4.90 Å². The molecule has 1 saturated heterocycles. The lowest BCUT2D eigenvalue weighted by molar-refractivity contribution is -0.384. The molecule has 2 aromatic rings. The fourth-order valence-corrected chi connectivity index (χ4v) is 3.10. The number of ether oxygens (including phenoxy) is 1. The summed E-state index contributed by atoms with van der Waals surface area (Å²) >= 11 is 3.34. The van der Waals surface area contributed by atoms with Crippen molar-refractivity contribution in [1.82, 2.24) is 0 Å². The number of rotatable bonds is 5. The van der Waals surface area contributed by atoms with Gasteiger partial charge in [-0.1, -0.05) is 28.1 Å². The van der Waals surface area contributed by atoms with Crippen molar-refractivity contribution in [2.75, 3.05) is 18.0 Å². The van der Waals surface area contributed by atoms with Gasteiger partial charge >= 0.3 is 5.97 Å². The standard InChI is InChI=1S/C18H17BrN2O4/c19-15-6-3-13(4-7-15)12-25-18(22)14-5-8-16(17(11-14)21(23)24)20-9-1-2-10-20/h3-8,11H,1-2,9-10,12H2. The van der Waals surface area contributed by atoms with Crippen LogP contribution in [0.4, 0.5) is 11.4 Å². The van der Waals surface area contributed by atoms with Crippen LogP contribution in [0.2, 0.25) is 0 Å². The Kier molecular flexibility index (Phi) is 5.33. The molecule has 1 heterocycles. The third-order valence-corrected chi connectivity index (χ3v) is 4.67. The van der Waals surface area contributed by atoms with Crippen molar-refractivity contribution in [2.24, 2.45) is 0 Å². The number of esters is 1. The molecule has 7 heteroatoms. The van der Waals surface area contributed by atoms with E-state index in [0.717, 1.165) is 36.0 Å². The lowest BCUT2D eigenvalue weighted by atomic mass is 10.1. The Balaban J connectivity index is 1.74. The SMILES string of the molecule is O=C(OCc1ccc(Br)cc1)c1ccc(N2CCCC2)c([N+](=O)[O-])c1. The van der Waals surface area contributed by atoms with E-state index in [1.54, 1.807) is 12.1 Å². The molecule has 6 nitrogen and oxygen atoms in total. The molecule has 1 aliphatic rings. The number of nitrogens with zero attached hydrogens (tertiary/aromatic N) is 2. The monoisotopic (exact) mass is 404 g/mol. The highest BCUT2D eigenvalue weighted by molar-refractivity contribution is 9.10. The van der Waals surface area contributed by atoms with Gasteiger partial charge in [-0.05, 0) is 42.7 Å². The van der Waals surface area contributed by atoms with Gasteiger partial charge in [-0.3, -0.25) is 10.1 Å². The fourth-order valence-electron chi connectivity index (χ4n) is 2.83. The Bertz CT molecular complexity index is 786. The summed E-state index contributed by atoms with van der Waals surface area (Å²) in [6, 6.07) is 11.9. The number of nitro groups is 1. The molecule has 0 aliphatic carbocycles. The van der Waals surface area contributed by atoms with Gasteiger partial charge in [0.25, 0.3) is 5.69 Å². The molecule has 0 N–H and O–H groups in total. The maximum absolute atomic E-state index is 12.2. The molecule has 0 atom stereocenters. The number of hydrogen-bond donors (Lipinski definition) is 0. The Morgan fingerprint density at radius 2 is 1.84 bits per heavy atom. The van der Waals surface area contributed by atoms with Gasteiger partial charge in [0.05, 0.1) is 10.5 Å². The van der Waals surface area contributed by atoms with E-state index in [2.05, 4.69) is 15.9 Å². The van der Waals surface area contributed by atoms with Crippen LogP contribution in [-0.4, -0.2) is 24.0 Å². The molecular formula is C18H17BrN2O4. The molecule has 0 unspecified atom stereocenters. The summed E-state index contributed by atoms with van der Waals surface area (Å²) in [5.41, 5.74) is 1.54. The van der Waals surface area contributed by atoms with Crippen molar-refractivity contribution < 1.29 is 14.5 Å². The highest BCUT2D eigenvalue weighted by Crippen LogP contribution is 2.31. The highest BCUT2D eigenvalue weighted by atomic mass is 79.9. The second-order valence-electron chi connectivity index (χ2n) is 5.86.